The Morgan fingerprint density at radius 3 is 2.80 bits per heavy atom. The quantitative estimate of drug-likeness (QED) is 0.914. The van der Waals surface area contributed by atoms with Crippen LogP contribution in [0.1, 0.15) is 36.8 Å². The Kier molecular flexibility index (Phi) is 4.57. The Morgan fingerprint density at radius 1 is 1.25 bits per heavy atom. The van der Waals surface area contributed by atoms with Crippen LogP contribution in [0.5, 0.6) is 0 Å². The molecule has 0 unspecified atom stereocenters. The Bertz CT molecular complexity index is 452. The third kappa shape index (κ3) is 3.15. The van der Waals surface area contributed by atoms with Crippen molar-refractivity contribution in [1.82, 2.24) is 5.32 Å². The van der Waals surface area contributed by atoms with Crippen molar-refractivity contribution in [2.75, 3.05) is 24.7 Å². The maximum absolute atomic E-state index is 3.76. The van der Waals surface area contributed by atoms with E-state index < -0.39 is 0 Å². The molecule has 0 atom stereocenters. The van der Waals surface area contributed by atoms with E-state index >= 15 is 0 Å². The minimum absolute atomic E-state index is 0.731. The molecule has 3 rings (SSSR count). The van der Waals surface area contributed by atoms with Crippen molar-refractivity contribution in [3.8, 4) is 0 Å². The van der Waals surface area contributed by atoms with Crippen LogP contribution in [0.15, 0.2) is 18.2 Å². The van der Waals surface area contributed by atoms with Gasteiger partial charge in [0.1, 0.15) is 0 Å². The van der Waals surface area contributed by atoms with Crippen molar-refractivity contribution < 1.29 is 0 Å². The van der Waals surface area contributed by atoms with Crippen molar-refractivity contribution in [3.05, 3.63) is 29.3 Å². The number of likely N-dealkylation sites (N-methyl/N-ethyl adjacent to an activating group) is 1. The number of anilines is 1. The molecule has 1 heterocycles. The third-order valence-electron chi connectivity index (χ3n) is 4.87. The molecule has 1 aromatic carbocycles. The van der Waals surface area contributed by atoms with Gasteiger partial charge in [-0.1, -0.05) is 12.1 Å². The van der Waals surface area contributed by atoms with Crippen LogP contribution in [0.2, 0.25) is 0 Å². The van der Waals surface area contributed by atoms with E-state index in [0.717, 1.165) is 17.8 Å². The minimum Gasteiger partial charge on any atom is -0.374 e. The smallest absolute Gasteiger partial charge is 0.0397 e. The molecule has 110 valence electrons. The number of hydrogen-bond acceptors (Lipinski definition) is 3. The Balaban J connectivity index is 1.52. The van der Waals surface area contributed by atoms with Gasteiger partial charge in [0.15, 0.2) is 0 Å². The summed E-state index contributed by atoms with van der Waals surface area (Å²) in [6, 6.07) is 7.72. The molecular formula is C17H26N2S. The van der Waals surface area contributed by atoms with E-state index in [1.165, 1.54) is 55.5 Å². The Labute approximate surface area is 127 Å². The molecule has 0 radical (unpaired) electrons. The highest BCUT2D eigenvalue weighted by atomic mass is 32.2. The third-order valence-corrected chi connectivity index (χ3v) is 6.01. The second-order valence-corrected chi connectivity index (χ2v) is 7.36. The van der Waals surface area contributed by atoms with Crippen LogP contribution in [0.25, 0.3) is 0 Å². The summed E-state index contributed by atoms with van der Waals surface area (Å²) in [5, 5.41) is 4.67. The van der Waals surface area contributed by atoms with E-state index in [4.69, 9.17) is 0 Å². The van der Waals surface area contributed by atoms with Crippen LogP contribution in [0, 0.1) is 0 Å². The number of thioether (sulfide) groups is 1. The first-order valence-electron chi connectivity index (χ1n) is 7.85. The summed E-state index contributed by atoms with van der Waals surface area (Å²) in [4.78, 5) is 2.36. The van der Waals surface area contributed by atoms with Gasteiger partial charge in [0.2, 0.25) is 0 Å². The van der Waals surface area contributed by atoms with E-state index in [9.17, 15) is 0 Å². The van der Waals surface area contributed by atoms with Crippen molar-refractivity contribution in [2.45, 2.75) is 49.9 Å². The average molecular weight is 290 g/mol. The van der Waals surface area contributed by atoms with Crippen molar-refractivity contribution in [3.63, 3.8) is 0 Å². The molecule has 1 fully saturated rings. The molecule has 20 heavy (non-hydrogen) atoms. The Hall–Kier alpha value is -0.670. The van der Waals surface area contributed by atoms with E-state index in [1.54, 1.807) is 0 Å². The zero-order valence-corrected chi connectivity index (χ0v) is 13.5. The SMILES string of the molecule is CSC1CCC(NCc2ccc3c(c2)CCN3C)CC1. The fourth-order valence-corrected chi connectivity index (χ4v) is 4.24. The van der Waals surface area contributed by atoms with Gasteiger partial charge in [-0.15, -0.1) is 0 Å². The summed E-state index contributed by atoms with van der Waals surface area (Å²) < 4.78 is 0. The molecule has 1 saturated carbocycles. The molecule has 0 saturated heterocycles. The monoisotopic (exact) mass is 290 g/mol. The van der Waals surface area contributed by atoms with Crippen LogP contribution in [0.4, 0.5) is 5.69 Å². The Morgan fingerprint density at radius 2 is 2.05 bits per heavy atom. The lowest BCUT2D eigenvalue weighted by Crippen LogP contribution is -2.33. The van der Waals surface area contributed by atoms with E-state index in [-0.39, 0.29) is 0 Å². The molecule has 2 nitrogen and oxygen atoms in total. The normalized spacial score (nSPS) is 25.8. The first-order chi connectivity index (χ1) is 9.76. The van der Waals surface area contributed by atoms with Crippen LogP contribution >= 0.6 is 11.8 Å². The number of rotatable bonds is 4. The minimum atomic E-state index is 0.731. The van der Waals surface area contributed by atoms with Crippen molar-refractivity contribution >= 4 is 17.4 Å². The highest BCUT2D eigenvalue weighted by Gasteiger charge is 2.20. The van der Waals surface area contributed by atoms with Crippen molar-refractivity contribution in [2.24, 2.45) is 0 Å². The molecule has 3 heteroatoms. The average Bonchev–Trinajstić information content (AvgIpc) is 2.87. The van der Waals surface area contributed by atoms with Gasteiger partial charge < -0.3 is 10.2 Å². The number of nitrogens with one attached hydrogen (secondary N) is 1. The molecule has 0 aromatic heterocycles. The maximum atomic E-state index is 3.76. The highest BCUT2D eigenvalue weighted by Crippen LogP contribution is 2.29. The predicted octanol–water partition coefficient (Wildman–Crippen LogP) is 3.44. The fraction of sp³-hybridized carbons (Fsp3) is 0.647. The first-order valence-corrected chi connectivity index (χ1v) is 9.14. The second-order valence-electron chi connectivity index (χ2n) is 6.22. The molecule has 0 amide bonds. The van der Waals surface area contributed by atoms with E-state index in [2.05, 4.69) is 41.7 Å². The summed E-state index contributed by atoms with van der Waals surface area (Å²) in [5.41, 5.74) is 4.40. The number of hydrogen-bond donors (Lipinski definition) is 1. The summed E-state index contributed by atoms with van der Waals surface area (Å²) >= 11 is 2.04. The molecule has 1 aliphatic heterocycles. The molecular weight excluding hydrogens is 264 g/mol. The number of benzene rings is 1. The summed E-state index contributed by atoms with van der Waals surface area (Å²) in [5.74, 6) is 0. The maximum Gasteiger partial charge on any atom is 0.0397 e. The molecule has 1 aromatic rings. The molecule has 0 bridgehead atoms. The van der Waals surface area contributed by atoms with Gasteiger partial charge in [0.25, 0.3) is 0 Å². The van der Waals surface area contributed by atoms with Gasteiger partial charge >= 0.3 is 0 Å². The topological polar surface area (TPSA) is 15.3 Å². The van der Waals surface area contributed by atoms with E-state index in [1.807, 2.05) is 11.8 Å². The van der Waals surface area contributed by atoms with Crippen molar-refractivity contribution in [1.29, 1.82) is 0 Å². The summed E-state index contributed by atoms with van der Waals surface area (Å²) in [6.07, 6.45) is 8.92. The first kappa shape index (κ1) is 14.3. The summed E-state index contributed by atoms with van der Waals surface area (Å²) in [7, 11) is 2.19. The van der Waals surface area contributed by atoms with Crippen LogP contribution in [-0.2, 0) is 13.0 Å². The van der Waals surface area contributed by atoms with Gasteiger partial charge in [-0.05, 0) is 55.6 Å². The van der Waals surface area contributed by atoms with Crippen LogP contribution < -0.4 is 10.2 Å². The number of fused-ring (bicyclic) bond motifs is 1. The predicted molar refractivity (Wildman–Crippen MR) is 89.8 cm³/mol. The fourth-order valence-electron chi connectivity index (χ4n) is 3.49. The van der Waals surface area contributed by atoms with Crippen LogP contribution in [0.3, 0.4) is 0 Å². The zero-order valence-electron chi connectivity index (χ0n) is 12.7. The van der Waals surface area contributed by atoms with Gasteiger partial charge in [0, 0.05) is 37.1 Å². The molecule has 0 spiro atoms. The molecule has 1 N–H and O–H groups in total. The van der Waals surface area contributed by atoms with Gasteiger partial charge in [-0.3, -0.25) is 0 Å². The lowest BCUT2D eigenvalue weighted by atomic mass is 9.94. The highest BCUT2D eigenvalue weighted by molar-refractivity contribution is 7.99. The zero-order chi connectivity index (χ0) is 13.9. The molecule has 1 aliphatic carbocycles. The van der Waals surface area contributed by atoms with Crippen LogP contribution in [-0.4, -0.2) is 31.1 Å². The standard InChI is InChI=1S/C17H26N2S/c1-19-10-9-14-11-13(3-8-17(14)19)12-18-15-4-6-16(20-2)7-5-15/h3,8,11,15-16,18H,4-7,9-10,12H2,1-2H3. The lowest BCUT2D eigenvalue weighted by Gasteiger charge is -2.28. The lowest BCUT2D eigenvalue weighted by molar-refractivity contribution is 0.379. The largest absolute Gasteiger partial charge is 0.374 e. The van der Waals surface area contributed by atoms with Gasteiger partial charge in [0.05, 0.1) is 0 Å². The second kappa shape index (κ2) is 6.40. The van der Waals surface area contributed by atoms with E-state index in [0.29, 0.717) is 0 Å². The van der Waals surface area contributed by atoms with Gasteiger partial charge in [-0.2, -0.15) is 11.8 Å². The molecule has 2 aliphatic rings. The van der Waals surface area contributed by atoms with Gasteiger partial charge in [-0.25, -0.2) is 0 Å². The number of nitrogens with zero attached hydrogens (tertiary/aromatic N) is 1. The summed E-state index contributed by atoms with van der Waals surface area (Å²) in [6.45, 7) is 2.20.